The Hall–Kier alpha value is -2.22. The maximum absolute atomic E-state index is 13.1. The van der Waals surface area contributed by atoms with Crippen LogP contribution in [0.1, 0.15) is 10.4 Å². The Morgan fingerprint density at radius 2 is 1.47 bits per heavy atom. The second-order valence-electron chi connectivity index (χ2n) is 4.03. The number of carbonyl (C=O) groups is 1. The van der Waals surface area contributed by atoms with E-state index in [9.17, 15) is 9.18 Å². The van der Waals surface area contributed by atoms with Gasteiger partial charge in [-0.15, -0.1) is 0 Å². The zero-order chi connectivity index (χ0) is 11.8. The van der Waals surface area contributed by atoms with Gasteiger partial charge in [-0.2, -0.15) is 0 Å². The standard InChI is InChI=1S/C15H9FO/c16-13-4-6-15-12(8-13)3-2-11-7-10(9-17)1-5-14(11)15/h1-9H. The van der Waals surface area contributed by atoms with E-state index in [1.807, 2.05) is 24.3 Å². The van der Waals surface area contributed by atoms with Crippen LogP contribution in [0, 0.1) is 5.82 Å². The lowest BCUT2D eigenvalue weighted by Crippen LogP contribution is -1.83. The molecule has 0 amide bonds. The Balaban J connectivity index is 2.44. The van der Waals surface area contributed by atoms with Crippen LogP contribution in [0.25, 0.3) is 21.5 Å². The van der Waals surface area contributed by atoms with Crippen LogP contribution in [0.3, 0.4) is 0 Å². The highest BCUT2D eigenvalue weighted by Crippen LogP contribution is 2.26. The smallest absolute Gasteiger partial charge is 0.150 e. The number of halogens is 1. The van der Waals surface area contributed by atoms with Gasteiger partial charge < -0.3 is 0 Å². The predicted octanol–water partition coefficient (Wildman–Crippen LogP) is 3.94. The van der Waals surface area contributed by atoms with E-state index < -0.39 is 0 Å². The average molecular weight is 224 g/mol. The van der Waals surface area contributed by atoms with Gasteiger partial charge in [-0.25, -0.2) is 4.39 Å². The lowest BCUT2D eigenvalue weighted by atomic mass is 10.0. The van der Waals surface area contributed by atoms with Crippen molar-refractivity contribution >= 4 is 27.8 Å². The summed E-state index contributed by atoms with van der Waals surface area (Å²) in [5.74, 6) is -0.235. The lowest BCUT2D eigenvalue weighted by molar-refractivity contribution is 0.112. The Morgan fingerprint density at radius 3 is 2.18 bits per heavy atom. The molecular formula is C15H9FO. The molecule has 17 heavy (non-hydrogen) atoms. The maximum atomic E-state index is 13.1. The third kappa shape index (κ3) is 1.58. The van der Waals surface area contributed by atoms with Crippen molar-refractivity contribution in [3.63, 3.8) is 0 Å². The molecule has 0 aliphatic carbocycles. The summed E-state index contributed by atoms with van der Waals surface area (Å²) < 4.78 is 13.1. The van der Waals surface area contributed by atoms with E-state index in [0.717, 1.165) is 27.8 Å². The van der Waals surface area contributed by atoms with Crippen molar-refractivity contribution < 1.29 is 9.18 Å². The molecule has 0 N–H and O–H groups in total. The molecule has 0 atom stereocenters. The molecule has 3 rings (SSSR count). The van der Waals surface area contributed by atoms with Crippen LogP contribution in [-0.2, 0) is 0 Å². The largest absolute Gasteiger partial charge is 0.298 e. The SMILES string of the molecule is O=Cc1ccc2c(ccc3cc(F)ccc32)c1. The summed E-state index contributed by atoms with van der Waals surface area (Å²) in [7, 11) is 0. The van der Waals surface area contributed by atoms with Crippen LogP contribution in [0.15, 0.2) is 48.5 Å². The highest BCUT2D eigenvalue weighted by atomic mass is 19.1. The molecule has 0 spiro atoms. The van der Waals surface area contributed by atoms with Crippen LogP contribution in [-0.4, -0.2) is 6.29 Å². The van der Waals surface area contributed by atoms with Gasteiger partial charge in [0.1, 0.15) is 12.1 Å². The van der Waals surface area contributed by atoms with Gasteiger partial charge >= 0.3 is 0 Å². The zero-order valence-electron chi connectivity index (χ0n) is 8.98. The van der Waals surface area contributed by atoms with Crippen molar-refractivity contribution in [3.05, 3.63) is 59.9 Å². The fourth-order valence-corrected chi connectivity index (χ4v) is 2.13. The molecule has 0 heterocycles. The van der Waals surface area contributed by atoms with Crippen molar-refractivity contribution in [3.8, 4) is 0 Å². The first kappa shape index (κ1) is 9.97. The highest BCUT2D eigenvalue weighted by molar-refractivity contribution is 6.08. The fourth-order valence-electron chi connectivity index (χ4n) is 2.13. The summed E-state index contributed by atoms with van der Waals surface area (Å²) in [5.41, 5.74) is 0.652. The molecule has 3 aromatic rings. The molecule has 3 aromatic carbocycles. The monoisotopic (exact) mass is 224 g/mol. The number of rotatable bonds is 1. The molecule has 2 heteroatoms. The number of aldehydes is 1. The van der Waals surface area contributed by atoms with Gasteiger partial charge in [0.25, 0.3) is 0 Å². The van der Waals surface area contributed by atoms with Gasteiger partial charge in [0.2, 0.25) is 0 Å². The van der Waals surface area contributed by atoms with Gasteiger partial charge in [-0.3, -0.25) is 4.79 Å². The number of fused-ring (bicyclic) bond motifs is 3. The van der Waals surface area contributed by atoms with E-state index in [0.29, 0.717) is 5.56 Å². The van der Waals surface area contributed by atoms with Gasteiger partial charge in [0.05, 0.1) is 0 Å². The van der Waals surface area contributed by atoms with Crippen molar-refractivity contribution in [1.29, 1.82) is 0 Å². The summed E-state index contributed by atoms with van der Waals surface area (Å²) in [6.45, 7) is 0. The maximum Gasteiger partial charge on any atom is 0.150 e. The van der Waals surface area contributed by atoms with Crippen LogP contribution < -0.4 is 0 Å². The molecule has 0 aromatic heterocycles. The van der Waals surface area contributed by atoms with Gasteiger partial charge in [-0.1, -0.05) is 30.3 Å². The van der Waals surface area contributed by atoms with Crippen LogP contribution in [0.4, 0.5) is 4.39 Å². The highest BCUT2D eigenvalue weighted by Gasteiger charge is 2.02. The van der Waals surface area contributed by atoms with E-state index in [4.69, 9.17) is 0 Å². The molecule has 1 nitrogen and oxygen atoms in total. The minimum atomic E-state index is -0.235. The lowest BCUT2D eigenvalue weighted by Gasteiger charge is -2.04. The molecular weight excluding hydrogens is 215 g/mol. The fraction of sp³-hybridized carbons (Fsp3) is 0. The third-order valence-corrected chi connectivity index (χ3v) is 2.96. The Labute approximate surface area is 97.5 Å². The minimum Gasteiger partial charge on any atom is -0.298 e. The number of benzene rings is 3. The van der Waals surface area contributed by atoms with Crippen LogP contribution in [0.5, 0.6) is 0 Å². The van der Waals surface area contributed by atoms with E-state index in [1.54, 1.807) is 12.1 Å². The summed E-state index contributed by atoms with van der Waals surface area (Å²) in [6.07, 6.45) is 0.828. The second-order valence-corrected chi connectivity index (χ2v) is 4.03. The van der Waals surface area contributed by atoms with Crippen molar-refractivity contribution in [2.75, 3.05) is 0 Å². The Bertz CT molecular complexity index is 731. The van der Waals surface area contributed by atoms with Gasteiger partial charge in [0.15, 0.2) is 0 Å². The predicted molar refractivity (Wildman–Crippen MR) is 66.8 cm³/mol. The first-order valence-electron chi connectivity index (χ1n) is 5.35. The van der Waals surface area contributed by atoms with Crippen molar-refractivity contribution in [2.45, 2.75) is 0 Å². The molecule has 0 fully saturated rings. The normalized spacial score (nSPS) is 10.9. The average Bonchev–Trinajstić information content (AvgIpc) is 2.37. The first-order valence-corrected chi connectivity index (χ1v) is 5.35. The summed E-state index contributed by atoms with van der Waals surface area (Å²) >= 11 is 0. The summed E-state index contributed by atoms with van der Waals surface area (Å²) in [4.78, 5) is 10.7. The summed E-state index contributed by atoms with van der Waals surface area (Å²) in [5, 5.41) is 3.90. The van der Waals surface area contributed by atoms with Crippen molar-refractivity contribution in [2.24, 2.45) is 0 Å². The van der Waals surface area contributed by atoms with E-state index in [1.165, 1.54) is 12.1 Å². The first-order chi connectivity index (χ1) is 8.28. The molecule has 82 valence electrons. The third-order valence-electron chi connectivity index (χ3n) is 2.96. The van der Waals surface area contributed by atoms with E-state index >= 15 is 0 Å². The number of hydrogen-bond donors (Lipinski definition) is 0. The molecule has 0 radical (unpaired) electrons. The molecule has 0 aliphatic rings. The molecule has 0 saturated heterocycles. The Kier molecular flexibility index (Phi) is 2.15. The summed E-state index contributed by atoms with van der Waals surface area (Å²) in [6, 6.07) is 14.0. The number of hydrogen-bond acceptors (Lipinski definition) is 1. The van der Waals surface area contributed by atoms with E-state index in [-0.39, 0.29) is 5.82 Å². The zero-order valence-corrected chi connectivity index (χ0v) is 8.98. The quantitative estimate of drug-likeness (QED) is 0.452. The minimum absolute atomic E-state index is 0.235. The van der Waals surface area contributed by atoms with Gasteiger partial charge in [0, 0.05) is 5.56 Å². The Morgan fingerprint density at radius 1 is 0.824 bits per heavy atom. The topological polar surface area (TPSA) is 17.1 Å². The number of carbonyl (C=O) groups excluding carboxylic acids is 1. The van der Waals surface area contributed by atoms with Crippen molar-refractivity contribution in [1.82, 2.24) is 0 Å². The molecule has 0 saturated carbocycles. The van der Waals surface area contributed by atoms with E-state index in [2.05, 4.69) is 0 Å². The van der Waals surface area contributed by atoms with Crippen LogP contribution in [0.2, 0.25) is 0 Å². The molecule has 0 aliphatic heterocycles. The second kappa shape index (κ2) is 3.67. The molecule has 0 unspecified atom stereocenters. The van der Waals surface area contributed by atoms with Gasteiger partial charge in [-0.05, 0) is 39.7 Å². The molecule has 0 bridgehead atoms. The van der Waals surface area contributed by atoms with Crippen LogP contribution >= 0.6 is 0 Å².